The molecule has 0 N–H and O–H groups in total. The number of hydrogen-bond acceptors (Lipinski definition) is 5. The predicted molar refractivity (Wildman–Crippen MR) is 48.5 cm³/mol. The number of unbranched alkanes of at least 4 members (excludes halogenated alkanes) is 1. The number of phosphoric acid groups is 1. The Morgan fingerprint density at radius 3 is 3.07 bits per heavy atom. The highest BCUT2D eigenvalue weighted by molar-refractivity contribution is 7.50. The van der Waals surface area contributed by atoms with E-state index in [4.69, 9.17) is 13.6 Å². The smallest absolute Gasteiger partial charge is 0.276 e. The Bertz CT molecular complexity index is 298. The monoisotopic (exact) mass is 219 g/mol. The van der Waals surface area contributed by atoms with Crippen LogP contribution in [0.15, 0.2) is 0 Å². The minimum atomic E-state index is -3.10. The minimum absolute atomic E-state index is 0.134. The molecule has 0 aromatic rings. The van der Waals surface area contributed by atoms with Gasteiger partial charge < -0.3 is 0 Å². The summed E-state index contributed by atoms with van der Waals surface area (Å²) in [5, 5.41) is 0. The van der Waals surface area contributed by atoms with E-state index in [-0.39, 0.29) is 6.10 Å². The van der Waals surface area contributed by atoms with Crippen molar-refractivity contribution in [3.63, 3.8) is 0 Å². The molecule has 0 amide bonds. The fourth-order valence-corrected chi connectivity index (χ4v) is 4.07. The highest BCUT2D eigenvalue weighted by Gasteiger charge is 2.75. The predicted octanol–water partition coefficient (Wildman–Crippen LogP) is 1.70. The fourth-order valence-electron chi connectivity index (χ4n) is 2.31. The van der Waals surface area contributed by atoms with Gasteiger partial charge in [0.05, 0.1) is 0 Å². The lowest BCUT2D eigenvalue weighted by Gasteiger charge is -2.40. The van der Waals surface area contributed by atoms with Gasteiger partial charge in [-0.2, -0.15) is 0 Å². The van der Waals surface area contributed by atoms with Crippen LogP contribution in [0.5, 0.6) is 0 Å². The Kier molecular flexibility index (Phi) is 1.86. The number of rotatable bonds is 3. The second kappa shape index (κ2) is 2.80. The topological polar surface area (TPSA) is 48.0 Å². The van der Waals surface area contributed by atoms with Crippen molar-refractivity contribution in [2.75, 3.05) is 13.1 Å². The van der Waals surface area contributed by atoms with Gasteiger partial charge in [0.1, 0.15) is 6.10 Å². The summed E-state index contributed by atoms with van der Waals surface area (Å²) in [6, 6.07) is 0. The number of phosphoric ester groups is 1. The molecule has 4 aliphatic rings. The van der Waals surface area contributed by atoms with E-state index >= 15 is 0 Å². The second-order valence-electron chi connectivity index (χ2n) is 3.98. The maximum absolute atomic E-state index is 11.4. The summed E-state index contributed by atoms with van der Waals surface area (Å²) in [5.41, 5.74) is 0. The molecule has 4 rings (SSSR count). The second-order valence-corrected chi connectivity index (χ2v) is 5.45. The normalized spacial score (nSPS) is 50.5. The highest BCUT2D eigenvalue weighted by atomic mass is 31.2. The van der Waals surface area contributed by atoms with Gasteiger partial charge >= 0.3 is 7.82 Å². The van der Waals surface area contributed by atoms with Crippen molar-refractivity contribution < 1.29 is 18.1 Å². The van der Waals surface area contributed by atoms with E-state index in [0.717, 1.165) is 32.4 Å². The third-order valence-electron chi connectivity index (χ3n) is 3.03. The maximum Gasteiger partial charge on any atom is 0.482 e. The van der Waals surface area contributed by atoms with Gasteiger partial charge in [0.2, 0.25) is 0 Å². The van der Waals surface area contributed by atoms with E-state index in [1.54, 1.807) is 0 Å². The lowest BCUT2D eigenvalue weighted by atomic mass is 10.2. The Labute approximate surface area is 82.9 Å². The molecule has 4 fully saturated rings. The van der Waals surface area contributed by atoms with Crippen LogP contribution in [0.25, 0.3) is 0 Å². The molecule has 1 spiro atoms. The molecule has 4 heterocycles. The largest absolute Gasteiger partial charge is 0.482 e. The lowest BCUT2D eigenvalue weighted by Crippen LogP contribution is -2.53. The van der Waals surface area contributed by atoms with E-state index in [2.05, 4.69) is 11.8 Å². The van der Waals surface area contributed by atoms with E-state index in [1.165, 1.54) is 0 Å². The zero-order chi connectivity index (χ0) is 9.81. The molecule has 2 bridgehead atoms. The molecule has 0 aliphatic carbocycles. The van der Waals surface area contributed by atoms with Gasteiger partial charge in [0.15, 0.2) is 0 Å². The minimum Gasteiger partial charge on any atom is -0.276 e. The van der Waals surface area contributed by atoms with Crippen LogP contribution in [-0.4, -0.2) is 30.0 Å². The molecule has 14 heavy (non-hydrogen) atoms. The molecular weight excluding hydrogens is 205 g/mol. The quantitative estimate of drug-likeness (QED) is 0.676. The van der Waals surface area contributed by atoms with Crippen LogP contribution in [0, 0.1) is 0 Å². The highest BCUT2D eigenvalue weighted by Crippen LogP contribution is 2.76. The van der Waals surface area contributed by atoms with E-state index < -0.39 is 13.7 Å². The van der Waals surface area contributed by atoms with Gasteiger partial charge in [0, 0.05) is 13.1 Å². The van der Waals surface area contributed by atoms with Gasteiger partial charge in [-0.15, -0.1) is 0 Å². The first-order chi connectivity index (χ1) is 6.69. The summed E-state index contributed by atoms with van der Waals surface area (Å²) in [7, 11) is -3.10. The third-order valence-corrected chi connectivity index (χ3v) is 4.52. The fraction of sp³-hybridized carbons (Fsp3) is 1.00. The average Bonchev–Trinajstić information content (AvgIpc) is 2.62. The molecule has 4 saturated heterocycles. The summed E-state index contributed by atoms with van der Waals surface area (Å²) in [4.78, 5) is 2.10. The molecule has 4 aliphatic heterocycles. The summed E-state index contributed by atoms with van der Waals surface area (Å²) in [5.74, 6) is -0.773. The maximum atomic E-state index is 11.4. The third kappa shape index (κ3) is 1.02. The van der Waals surface area contributed by atoms with Crippen molar-refractivity contribution in [1.82, 2.24) is 4.90 Å². The van der Waals surface area contributed by atoms with Gasteiger partial charge in [0.25, 0.3) is 5.91 Å². The summed E-state index contributed by atoms with van der Waals surface area (Å²) in [6.07, 6.45) is 2.96. The molecular formula is C8H14NO4P. The molecule has 0 aromatic heterocycles. The molecule has 80 valence electrons. The SMILES string of the molecule is CCCCN1CCC2OP3(=O)OC21O3. The van der Waals surface area contributed by atoms with Crippen molar-refractivity contribution in [2.24, 2.45) is 0 Å². The number of hydrogen-bond donors (Lipinski definition) is 0. The number of nitrogens with zero attached hydrogens (tertiary/aromatic N) is 1. The molecule has 0 saturated carbocycles. The molecule has 5 nitrogen and oxygen atoms in total. The van der Waals surface area contributed by atoms with Crippen molar-refractivity contribution in [3.05, 3.63) is 0 Å². The molecule has 0 radical (unpaired) electrons. The number of likely N-dealkylation sites (tertiary alicyclic amines) is 1. The van der Waals surface area contributed by atoms with E-state index in [9.17, 15) is 4.57 Å². The van der Waals surface area contributed by atoms with Crippen molar-refractivity contribution >= 4 is 7.82 Å². The zero-order valence-electron chi connectivity index (χ0n) is 8.14. The molecule has 0 aromatic carbocycles. The Hall–Kier alpha value is 0.0700. The first kappa shape index (κ1) is 9.31. The first-order valence-electron chi connectivity index (χ1n) is 5.13. The first-order valence-corrected chi connectivity index (χ1v) is 6.59. The van der Waals surface area contributed by atoms with Crippen LogP contribution in [0.2, 0.25) is 0 Å². The van der Waals surface area contributed by atoms with Gasteiger partial charge in [-0.3, -0.25) is 4.52 Å². The van der Waals surface area contributed by atoms with Gasteiger partial charge in [-0.25, -0.2) is 18.5 Å². The van der Waals surface area contributed by atoms with E-state index in [1.807, 2.05) is 0 Å². The van der Waals surface area contributed by atoms with Crippen LogP contribution in [0.4, 0.5) is 0 Å². The summed E-state index contributed by atoms with van der Waals surface area (Å²) < 4.78 is 27.2. The summed E-state index contributed by atoms with van der Waals surface area (Å²) in [6.45, 7) is 3.98. The zero-order valence-corrected chi connectivity index (χ0v) is 9.03. The van der Waals surface area contributed by atoms with Crippen molar-refractivity contribution in [2.45, 2.75) is 38.2 Å². The van der Waals surface area contributed by atoms with Crippen LogP contribution < -0.4 is 0 Å². The summed E-state index contributed by atoms with van der Waals surface area (Å²) >= 11 is 0. The molecule has 1 unspecified atom stereocenters. The van der Waals surface area contributed by atoms with Crippen LogP contribution in [0.1, 0.15) is 26.2 Å². The average molecular weight is 219 g/mol. The van der Waals surface area contributed by atoms with Crippen molar-refractivity contribution in [1.29, 1.82) is 0 Å². The Morgan fingerprint density at radius 1 is 1.57 bits per heavy atom. The van der Waals surface area contributed by atoms with Gasteiger partial charge in [-0.1, -0.05) is 13.3 Å². The van der Waals surface area contributed by atoms with Gasteiger partial charge in [-0.05, 0) is 12.8 Å². The van der Waals surface area contributed by atoms with Crippen LogP contribution >= 0.6 is 7.82 Å². The lowest BCUT2D eigenvalue weighted by molar-refractivity contribution is -0.256. The van der Waals surface area contributed by atoms with Crippen LogP contribution in [0.3, 0.4) is 0 Å². The standard InChI is InChI=1S/C8H14NO4P/c1-2-3-5-9-6-4-7-8(9)12-14(10,11-7)13-8/h7H,2-6H2,1H3. The van der Waals surface area contributed by atoms with E-state index in [0.29, 0.717) is 0 Å². The van der Waals surface area contributed by atoms with Crippen LogP contribution in [-0.2, 0) is 18.1 Å². The Morgan fingerprint density at radius 2 is 2.36 bits per heavy atom. The molecule has 1 atom stereocenters. The molecule has 6 heteroatoms. The Balaban J connectivity index is 1.75. The van der Waals surface area contributed by atoms with Crippen molar-refractivity contribution in [3.8, 4) is 0 Å².